The van der Waals surface area contributed by atoms with E-state index in [1.807, 2.05) is 31.2 Å². The van der Waals surface area contributed by atoms with Gasteiger partial charge in [-0.25, -0.2) is 4.98 Å². The van der Waals surface area contributed by atoms with Crippen molar-refractivity contribution in [2.75, 3.05) is 5.73 Å². The zero-order valence-electron chi connectivity index (χ0n) is 8.77. The van der Waals surface area contributed by atoms with Crippen molar-refractivity contribution in [3.63, 3.8) is 0 Å². The molecule has 0 atom stereocenters. The van der Waals surface area contributed by atoms with Crippen molar-refractivity contribution in [2.24, 2.45) is 0 Å². The highest BCUT2D eigenvalue weighted by molar-refractivity contribution is 9.10. The predicted molar refractivity (Wildman–Crippen MR) is 71.7 cm³/mol. The maximum atomic E-state index is 5.73. The number of nitrogens with two attached hydrogens (primary N) is 1. The van der Waals surface area contributed by atoms with Gasteiger partial charge in [-0.1, -0.05) is 23.9 Å². The molecular formula is C12H11BrN2S. The molecule has 2 rings (SSSR count). The van der Waals surface area contributed by atoms with Crippen LogP contribution in [0.3, 0.4) is 0 Å². The van der Waals surface area contributed by atoms with Crippen molar-refractivity contribution in [1.29, 1.82) is 0 Å². The summed E-state index contributed by atoms with van der Waals surface area (Å²) in [6.45, 7) is 1.99. The van der Waals surface area contributed by atoms with Crippen molar-refractivity contribution in [3.05, 3.63) is 46.6 Å². The van der Waals surface area contributed by atoms with E-state index in [0.717, 1.165) is 25.6 Å². The number of hydrogen-bond donors (Lipinski definition) is 1. The first-order valence-corrected chi connectivity index (χ1v) is 6.42. The number of halogens is 1. The summed E-state index contributed by atoms with van der Waals surface area (Å²) < 4.78 is 1.08. The van der Waals surface area contributed by atoms with Gasteiger partial charge in [0.25, 0.3) is 0 Å². The minimum absolute atomic E-state index is 0.733. The highest BCUT2D eigenvalue weighted by atomic mass is 79.9. The number of benzene rings is 1. The minimum Gasteiger partial charge on any atom is -0.397 e. The summed E-state index contributed by atoms with van der Waals surface area (Å²) in [5.74, 6) is 0. The Labute approximate surface area is 107 Å². The molecule has 4 heteroatoms. The molecule has 2 N–H and O–H groups in total. The number of rotatable bonds is 2. The zero-order valence-corrected chi connectivity index (χ0v) is 11.2. The zero-order chi connectivity index (χ0) is 11.5. The van der Waals surface area contributed by atoms with E-state index in [0.29, 0.717) is 0 Å². The summed E-state index contributed by atoms with van der Waals surface area (Å²) in [5.41, 5.74) is 7.52. The van der Waals surface area contributed by atoms with Crippen molar-refractivity contribution < 1.29 is 0 Å². The van der Waals surface area contributed by atoms with Gasteiger partial charge in [-0.05, 0) is 46.6 Å². The number of anilines is 1. The lowest BCUT2D eigenvalue weighted by molar-refractivity contribution is 1.11. The summed E-state index contributed by atoms with van der Waals surface area (Å²) in [4.78, 5) is 5.44. The van der Waals surface area contributed by atoms with E-state index in [2.05, 4.69) is 27.0 Å². The molecule has 2 nitrogen and oxygen atoms in total. The Bertz CT molecular complexity index is 514. The van der Waals surface area contributed by atoms with Crippen LogP contribution in [-0.2, 0) is 0 Å². The number of aryl methyl sites for hydroxylation is 1. The van der Waals surface area contributed by atoms with Crippen molar-refractivity contribution in [3.8, 4) is 0 Å². The molecule has 2 aromatic rings. The van der Waals surface area contributed by atoms with Crippen molar-refractivity contribution in [1.82, 2.24) is 4.98 Å². The quantitative estimate of drug-likeness (QED) is 0.913. The van der Waals surface area contributed by atoms with Crippen LogP contribution in [0.5, 0.6) is 0 Å². The fourth-order valence-corrected chi connectivity index (χ4v) is 2.64. The van der Waals surface area contributed by atoms with Crippen LogP contribution in [0, 0.1) is 6.92 Å². The molecule has 82 valence electrons. The molecule has 0 aliphatic carbocycles. The Kier molecular flexibility index (Phi) is 3.51. The van der Waals surface area contributed by atoms with Crippen molar-refractivity contribution >= 4 is 33.4 Å². The Morgan fingerprint density at radius 3 is 2.75 bits per heavy atom. The van der Waals surface area contributed by atoms with E-state index in [9.17, 15) is 0 Å². The van der Waals surface area contributed by atoms with Gasteiger partial charge in [0.2, 0.25) is 0 Å². The van der Waals surface area contributed by atoms with Gasteiger partial charge < -0.3 is 5.73 Å². The lowest BCUT2D eigenvalue weighted by Crippen LogP contribution is -1.91. The van der Waals surface area contributed by atoms with Gasteiger partial charge in [-0.3, -0.25) is 0 Å². The summed E-state index contributed by atoms with van der Waals surface area (Å²) in [7, 11) is 0. The van der Waals surface area contributed by atoms with Crippen molar-refractivity contribution in [2.45, 2.75) is 16.8 Å². The number of aromatic nitrogens is 1. The molecule has 0 spiro atoms. The maximum absolute atomic E-state index is 5.73. The summed E-state index contributed by atoms with van der Waals surface area (Å²) in [5, 5.41) is 0.957. The van der Waals surface area contributed by atoms with Crippen LogP contribution < -0.4 is 5.73 Å². The molecule has 0 saturated carbocycles. The SMILES string of the molecule is Cc1cc(Sc2ccccc2Br)ncc1N. The van der Waals surface area contributed by atoms with Gasteiger partial charge in [0, 0.05) is 9.37 Å². The second-order valence-electron chi connectivity index (χ2n) is 3.41. The summed E-state index contributed by atoms with van der Waals surface area (Å²) >= 11 is 5.14. The Morgan fingerprint density at radius 2 is 2.06 bits per heavy atom. The standard InChI is InChI=1S/C12H11BrN2S/c1-8-6-12(15-7-10(8)14)16-11-5-3-2-4-9(11)13/h2-7H,14H2,1H3. The van der Waals surface area contributed by atoms with E-state index in [1.54, 1.807) is 18.0 Å². The lowest BCUT2D eigenvalue weighted by Gasteiger charge is -2.05. The molecule has 1 aromatic carbocycles. The molecule has 1 aromatic heterocycles. The van der Waals surface area contributed by atoms with Gasteiger partial charge in [-0.15, -0.1) is 0 Å². The molecule has 0 fully saturated rings. The predicted octanol–water partition coefficient (Wildman–Crippen LogP) is 3.89. The van der Waals surface area contributed by atoms with Crippen LogP contribution in [0.1, 0.15) is 5.56 Å². The highest BCUT2D eigenvalue weighted by Gasteiger charge is 2.03. The molecule has 16 heavy (non-hydrogen) atoms. The van der Waals surface area contributed by atoms with Crippen LogP contribution in [0.4, 0.5) is 5.69 Å². The third kappa shape index (κ3) is 2.57. The largest absolute Gasteiger partial charge is 0.397 e. The average molecular weight is 295 g/mol. The van der Waals surface area contributed by atoms with E-state index in [1.165, 1.54) is 0 Å². The third-order valence-corrected chi connectivity index (χ3v) is 4.14. The third-order valence-electron chi connectivity index (χ3n) is 2.18. The van der Waals surface area contributed by atoms with Crippen LogP contribution in [0.25, 0.3) is 0 Å². The fourth-order valence-electron chi connectivity index (χ4n) is 1.24. The molecule has 0 aliphatic rings. The molecule has 0 bridgehead atoms. The molecule has 0 amide bonds. The molecule has 0 radical (unpaired) electrons. The minimum atomic E-state index is 0.733. The molecule has 0 aliphatic heterocycles. The van der Waals surface area contributed by atoms with Gasteiger partial charge >= 0.3 is 0 Å². The Hall–Kier alpha value is -1.00. The lowest BCUT2D eigenvalue weighted by atomic mass is 10.3. The molecule has 1 heterocycles. The molecule has 0 unspecified atom stereocenters. The number of nitrogens with zero attached hydrogens (tertiary/aromatic N) is 1. The van der Waals surface area contributed by atoms with Crippen LogP contribution >= 0.6 is 27.7 Å². The summed E-state index contributed by atoms with van der Waals surface area (Å²) in [6, 6.07) is 10.1. The first kappa shape index (κ1) is 11.5. The monoisotopic (exact) mass is 294 g/mol. The number of nitrogen functional groups attached to an aromatic ring is 1. The smallest absolute Gasteiger partial charge is 0.101 e. The normalized spacial score (nSPS) is 10.4. The maximum Gasteiger partial charge on any atom is 0.101 e. The van der Waals surface area contributed by atoms with E-state index in [-0.39, 0.29) is 0 Å². The van der Waals surface area contributed by atoms with Crippen LogP contribution in [-0.4, -0.2) is 4.98 Å². The van der Waals surface area contributed by atoms with Crippen LogP contribution in [0.15, 0.2) is 50.9 Å². The second-order valence-corrected chi connectivity index (χ2v) is 5.33. The Balaban J connectivity index is 2.28. The van der Waals surface area contributed by atoms with Gasteiger partial charge in [0.05, 0.1) is 11.9 Å². The molecular weight excluding hydrogens is 284 g/mol. The summed E-state index contributed by atoms with van der Waals surface area (Å²) in [6.07, 6.45) is 1.70. The fraction of sp³-hybridized carbons (Fsp3) is 0.0833. The number of pyridine rings is 1. The van der Waals surface area contributed by atoms with E-state index >= 15 is 0 Å². The highest BCUT2D eigenvalue weighted by Crippen LogP contribution is 2.32. The van der Waals surface area contributed by atoms with Crippen LogP contribution in [0.2, 0.25) is 0 Å². The second kappa shape index (κ2) is 4.89. The number of hydrogen-bond acceptors (Lipinski definition) is 3. The van der Waals surface area contributed by atoms with Gasteiger partial charge in [-0.2, -0.15) is 0 Å². The Morgan fingerprint density at radius 1 is 1.31 bits per heavy atom. The molecule has 0 saturated heterocycles. The van der Waals surface area contributed by atoms with E-state index in [4.69, 9.17) is 5.73 Å². The topological polar surface area (TPSA) is 38.9 Å². The van der Waals surface area contributed by atoms with E-state index < -0.39 is 0 Å². The van der Waals surface area contributed by atoms with Gasteiger partial charge in [0.15, 0.2) is 0 Å². The van der Waals surface area contributed by atoms with Gasteiger partial charge in [0.1, 0.15) is 5.03 Å². The average Bonchev–Trinajstić information content (AvgIpc) is 2.27. The first-order valence-electron chi connectivity index (χ1n) is 4.81. The first-order chi connectivity index (χ1) is 7.66.